The first kappa shape index (κ1) is 13.8. The Morgan fingerprint density at radius 1 is 1.38 bits per heavy atom. The molecule has 0 aliphatic rings. The van der Waals surface area contributed by atoms with E-state index in [-0.39, 0.29) is 29.6 Å². The van der Waals surface area contributed by atoms with E-state index in [1.807, 2.05) is 0 Å². The fourth-order valence-electron chi connectivity index (χ4n) is 0.800. The van der Waals surface area contributed by atoms with E-state index in [2.05, 4.69) is 15.9 Å². The largest absolute Gasteiger partial charge is 1.00 e. The van der Waals surface area contributed by atoms with Crippen LogP contribution in [0.25, 0.3) is 0 Å². The quantitative estimate of drug-likeness (QED) is 0.411. The number of alkyl halides is 1. The van der Waals surface area contributed by atoms with Crippen LogP contribution in [0.4, 0.5) is 0 Å². The van der Waals surface area contributed by atoms with Gasteiger partial charge in [-0.15, -0.1) is 0 Å². The number of rotatable bonds is 2. The van der Waals surface area contributed by atoms with Gasteiger partial charge in [0.2, 0.25) is 0 Å². The Hall–Kier alpha value is 0.850. The van der Waals surface area contributed by atoms with Gasteiger partial charge in [0.05, 0.1) is 0 Å². The van der Waals surface area contributed by atoms with Crippen LogP contribution in [-0.2, 0) is 4.57 Å². The molecule has 2 unspecified atom stereocenters. The van der Waals surface area contributed by atoms with Crippen LogP contribution in [0.1, 0.15) is 10.1 Å². The van der Waals surface area contributed by atoms with Gasteiger partial charge < -0.3 is 14.4 Å². The van der Waals surface area contributed by atoms with Crippen LogP contribution in [0, 0.1) is 0 Å². The first-order chi connectivity index (χ1) is 5.52. The molecule has 2 atom stereocenters. The fourth-order valence-corrected chi connectivity index (χ4v) is 1.65. The summed E-state index contributed by atoms with van der Waals surface area (Å²) in [6.07, 6.45) is 0. The minimum atomic E-state index is -4.31. The van der Waals surface area contributed by atoms with Gasteiger partial charge in [-0.05, 0) is 5.56 Å². The molecule has 0 fully saturated rings. The van der Waals surface area contributed by atoms with Gasteiger partial charge in [-0.1, -0.05) is 46.3 Å². The van der Waals surface area contributed by atoms with Gasteiger partial charge in [0.25, 0.3) is 0 Å². The zero-order valence-corrected chi connectivity index (χ0v) is 11.5. The third-order valence-electron chi connectivity index (χ3n) is 1.36. The van der Waals surface area contributed by atoms with Crippen LogP contribution >= 0.6 is 23.5 Å². The van der Waals surface area contributed by atoms with Crippen LogP contribution in [0.5, 0.6) is 0 Å². The van der Waals surface area contributed by atoms with Crippen molar-refractivity contribution in [2.75, 3.05) is 0 Å². The molecule has 6 heteroatoms. The molecular formula is C7H7BrNaO3P. The zero-order chi connectivity index (χ0) is 9.19. The molecule has 13 heavy (non-hydrogen) atoms. The molecule has 0 aliphatic carbocycles. The summed E-state index contributed by atoms with van der Waals surface area (Å²) >= 11 is 2.88. The number of benzene rings is 1. The van der Waals surface area contributed by atoms with E-state index in [0.29, 0.717) is 5.56 Å². The second-order valence-electron chi connectivity index (χ2n) is 2.31. The third kappa shape index (κ3) is 4.26. The van der Waals surface area contributed by atoms with Gasteiger partial charge in [0.1, 0.15) is 12.2 Å². The van der Waals surface area contributed by atoms with Gasteiger partial charge in [-0.25, -0.2) is 0 Å². The summed E-state index contributed by atoms with van der Waals surface area (Å²) in [6, 6.07) is 8.44. The van der Waals surface area contributed by atoms with E-state index in [0.717, 1.165) is 0 Å². The van der Waals surface area contributed by atoms with Gasteiger partial charge in [-0.2, -0.15) is 0 Å². The van der Waals surface area contributed by atoms with Crippen LogP contribution in [0.15, 0.2) is 30.3 Å². The Balaban J connectivity index is 0.00000144. The number of hydrogen-bond donors (Lipinski definition) is 1. The minimum Gasteiger partial charge on any atom is -0.778 e. The molecular weight excluding hydrogens is 266 g/mol. The van der Waals surface area contributed by atoms with Crippen LogP contribution in [0.2, 0.25) is 0 Å². The topological polar surface area (TPSA) is 60.4 Å². The predicted molar refractivity (Wildman–Crippen MR) is 47.9 cm³/mol. The zero-order valence-electron chi connectivity index (χ0n) is 7.05. The normalized spacial score (nSPS) is 16.8. The molecule has 0 heterocycles. The van der Waals surface area contributed by atoms with Crippen molar-refractivity contribution in [3.8, 4) is 0 Å². The summed E-state index contributed by atoms with van der Waals surface area (Å²) in [4.78, 5) is 19.4. The van der Waals surface area contributed by atoms with Gasteiger partial charge in [0, 0.05) is 0 Å². The summed E-state index contributed by atoms with van der Waals surface area (Å²) < 4.78 is 9.66. The van der Waals surface area contributed by atoms with E-state index < -0.39 is 12.2 Å². The maximum absolute atomic E-state index is 10.7. The molecule has 1 aromatic rings. The summed E-state index contributed by atoms with van der Waals surface area (Å²) in [5, 5.41) is 0. The molecule has 0 amide bonds. The molecule has 0 saturated carbocycles. The molecule has 0 radical (unpaired) electrons. The van der Waals surface area contributed by atoms with Crippen LogP contribution in [0.3, 0.4) is 0 Å². The van der Waals surface area contributed by atoms with Crippen molar-refractivity contribution in [1.82, 2.24) is 0 Å². The average molecular weight is 273 g/mol. The molecule has 0 saturated heterocycles. The Kier molecular flexibility index (Phi) is 6.03. The Bertz CT molecular complexity index is 300. The van der Waals surface area contributed by atoms with Crippen LogP contribution < -0.4 is 34.5 Å². The summed E-state index contributed by atoms with van der Waals surface area (Å²) in [6.45, 7) is 0. The maximum atomic E-state index is 10.7. The molecule has 0 aromatic heterocycles. The molecule has 1 N–H and O–H groups in total. The Labute approximate surface area is 107 Å². The van der Waals surface area contributed by atoms with Crippen molar-refractivity contribution in [1.29, 1.82) is 0 Å². The van der Waals surface area contributed by atoms with E-state index in [1.54, 1.807) is 30.3 Å². The van der Waals surface area contributed by atoms with Gasteiger partial charge >= 0.3 is 29.6 Å². The number of halogens is 1. The molecule has 1 rings (SSSR count). The second-order valence-corrected chi connectivity index (χ2v) is 5.58. The summed E-state index contributed by atoms with van der Waals surface area (Å²) in [5.74, 6) is 0. The van der Waals surface area contributed by atoms with Crippen molar-refractivity contribution >= 4 is 23.5 Å². The van der Waals surface area contributed by atoms with Crippen LogP contribution in [-0.4, -0.2) is 4.89 Å². The van der Waals surface area contributed by atoms with E-state index in [9.17, 15) is 9.46 Å². The predicted octanol–water partition coefficient (Wildman–Crippen LogP) is -1.37. The minimum absolute atomic E-state index is 0. The molecule has 0 spiro atoms. The summed E-state index contributed by atoms with van der Waals surface area (Å²) in [7, 11) is -4.31. The Morgan fingerprint density at radius 3 is 2.23 bits per heavy atom. The fraction of sp³-hybridized carbons (Fsp3) is 0.143. The van der Waals surface area contributed by atoms with Crippen molar-refractivity contribution in [2.24, 2.45) is 0 Å². The molecule has 0 aliphatic heterocycles. The monoisotopic (exact) mass is 272 g/mol. The molecule has 1 aromatic carbocycles. The first-order valence-electron chi connectivity index (χ1n) is 3.24. The third-order valence-corrected chi connectivity index (χ3v) is 4.31. The van der Waals surface area contributed by atoms with Crippen molar-refractivity contribution < 1.29 is 43.9 Å². The van der Waals surface area contributed by atoms with E-state index in [4.69, 9.17) is 4.89 Å². The van der Waals surface area contributed by atoms with E-state index in [1.165, 1.54) is 0 Å². The SMILES string of the molecule is O=P([O-])(O)C(Br)c1ccccc1.[Na+]. The standard InChI is InChI=1S/C7H8BrO3P.Na/c8-7(12(9,10)11)6-4-2-1-3-5-6;/h1-5,7H,(H2,9,10,11);/q;+1/p-1. The maximum Gasteiger partial charge on any atom is 1.00 e. The molecule has 0 bridgehead atoms. The molecule has 3 nitrogen and oxygen atoms in total. The second kappa shape index (κ2) is 5.66. The molecule has 66 valence electrons. The first-order valence-corrected chi connectivity index (χ1v) is 5.80. The summed E-state index contributed by atoms with van der Waals surface area (Å²) in [5.41, 5.74) is 0.526. The smallest absolute Gasteiger partial charge is 0.778 e. The van der Waals surface area contributed by atoms with Gasteiger partial charge in [-0.3, -0.25) is 0 Å². The van der Waals surface area contributed by atoms with Crippen molar-refractivity contribution in [3.63, 3.8) is 0 Å². The van der Waals surface area contributed by atoms with E-state index >= 15 is 0 Å². The van der Waals surface area contributed by atoms with Gasteiger partial charge in [0.15, 0.2) is 0 Å². The van der Waals surface area contributed by atoms with Crippen molar-refractivity contribution in [3.05, 3.63) is 35.9 Å². The Morgan fingerprint density at radius 2 is 1.85 bits per heavy atom. The number of hydrogen-bond acceptors (Lipinski definition) is 2. The average Bonchev–Trinajstić information content (AvgIpc) is 2.03. The van der Waals surface area contributed by atoms with Crippen molar-refractivity contribution in [2.45, 2.75) is 4.57 Å².